The molecule has 0 heterocycles. The van der Waals surface area contributed by atoms with E-state index >= 15 is 0 Å². The maximum Gasteiger partial charge on any atom is 0.339 e. The molecule has 0 aliphatic carbocycles. The summed E-state index contributed by atoms with van der Waals surface area (Å²) in [6.07, 6.45) is 1.55. The van der Waals surface area contributed by atoms with Gasteiger partial charge in [-0.25, -0.2) is 10.2 Å². The molecular weight excluding hydrogens is 470 g/mol. The number of hydrogen-bond donors (Lipinski definition) is 2. The van der Waals surface area contributed by atoms with E-state index in [1.165, 1.54) is 5.56 Å². The van der Waals surface area contributed by atoms with Gasteiger partial charge in [0.1, 0.15) is 6.61 Å². The highest BCUT2D eigenvalue weighted by Crippen LogP contribution is 2.37. The van der Waals surface area contributed by atoms with Crippen LogP contribution < -0.4 is 20.2 Å². The molecule has 2 amide bonds. The average Bonchev–Trinajstić information content (AvgIpc) is 2.75. The van der Waals surface area contributed by atoms with Crippen LogP contribution in [-0.2, 0) is 6.61 Å². The summed E-state index contributed by atoms with van der Waals surface area (Å²) in [5.41, 5.74) is 7.19. The van der Waals surface area contributed by atoms with Crippen LogP contribution in [0, 0.1) is 13.8 Å². The van der Waals surface area contributed by atoms with Crippen LogP contribution in [-0.4, -0.2) is 18.9 Å². The summed E-state index contributed by atoms with van der Waals surface area (Å²) in [5, 5.41) is 6.81. The van der Waals surface area contributed by atoms with Gasteiger partial charge < -0.3 is 14.8 Å². The normalized spacial score (nSPS) is 10.8. The summed E-state index contributed by atoms with van der Waals surface area (Å²) in [4.78, 5) is 12.1. The fraction of sp³-hybridized carbons (Fsp3) is 0.200. The van der Waals surface area contributed by atoms with E-state index in [0.29, 0.717) is 24.7 Å². The number of para-hydroxylation sites is 1. The minimum absolute atomic E-state index is 0.419. The molecule has 166 valence electrons. The van der Waals surface area contributed by atoms with E-state index in [2.05, 4.69) is 50.8 Å². The number of halogens is 1. The average molecular weight is 496 g/mol. The van der Waals surface area contributed by atoms with Crippen LogP contribution in [0.1, 0.15) is 29.2 Å². The van der Waals surface area contributed by atoms with Gasteiger partial charge in [-0.3, -0.25) is 0 Å². The number of anilines is 1. The molecule has 0 aromatic heterocycles. The number of hydrazone groups is 1. The number of nitrogens with zero attached hydrogens (tertiary/aromatic N) is 1. The van der Waals surface area contributed by atoms with Gasteiger partial charge in [0.25, 0.3) is 0 Å². The van der Waals surface area contributed by atoms with Crippen LogP contribution in [0.3, 0.4) is 0 Å². The number of ether oxygens (including phenoxy) is 2. The summed E-state index contributed by atoms with van der Waals surface area (Å²) in [5.74, 6) is 1.22. The van der Waals surface area contributed by atoms with E-state index in [0.717, 1.165) is 26.9 Å². The van der Waals surface area contributed by atoms with Gasteiger partial charge in [-0.1, -0.05) is 48.0 Å². The Morgan fingerprint density at radius 2 is 1.88 bits per heavy atom. The lowest BCUT2D eigenvalue weighted by molar-refractivity contribution is 0.252. The van der Waals surface area contributed by atoms with E-state index in [9.17, 15) is 4.79 Å². The molecule has 0 saturated heterocycles. The van der Waals surface area contributed by atoms with Crippen LogP contribution in [0.2, 0.25) is 0 Å². The van der Waals surface area contributed by atoms with Gasteiger partial charge in [0.15, 0.2) is 11.5 Å². The number of carbonyl (C=O) groups is 1. The third kappa shape index (κ3) is 6.59. The Hall–Kier alpha value is -3.32. The van der Waals surface area contributed by atoms with E-state index in [1.54, 1.807) is 6.21 Å². The molecule has 2 N–H and O–H groups in total. The van der Waals surface area contributed by atoms with Crippen molar-refractivity contribution in [2.45, 2.75) is 27.4 Å². The van der Waals surface area contributed by atoms with Gasteiger partial charge in [-0.15, -0.1) is 0 Å². The number of aryl methyl sites for hydroxylation is 2. The zero-order valence-corrected chi connectivity index (χ0v) is 19.9. The van der Waals surface area contributed by atoms with E-state index in [4.69, 9.17) is 9.47 Å². The molecule has 0 bridgehead atoms. The molecular formula is C25H26BrN3O3. The molecule has 0 saturated carbocycles. The molecule has 3 aromatic carbocycles. The van der Waals surface area contributed by atoms with Gasteiger partial charge in [-0.05, 0) is 71.6 Å². The van der Waals surface area contributed by atoms with Gasteiger partial charge in [0.05, 0.1) is 17.3 Å². The first-order valence-corrected chi connectivity index (χ1v) is 11.1. The van der Waals surface area contributed by atoms with Crippen molar-refractivity contribution in [3.63, 3.8) is 0 Å². The smallest absolute Gasteiger partial charge is 0.339 e. The first kappa shape index (κ1) is 23.3. The molecule has 7 heteroatoms. The number of urea groups is 1. The Morgan fingerprint density at radius 3 is 2.62 bits per heavy atom. The van der Waals surface area contributed by atoms with Gasteiger partial charge in [0.2, 0.25) is 0 Å². The number of rotatable bonds is 8. The standard InChI is InChI=1S/C25H26BrN3O3/c1-4-31-23-14-20(15-27-29-25(30)28-22-11-6-5-9-18(22)3)13-21(26)24(23)32-16-19-10-7-8-17(2)12-19/h5-15H,4,16H2,1-3H3,(H2,28,29,30). The predicted octanol–water partition coefficient (Wildman–Crippen LogP) is 6.20. The van der Waals surface area contributed by atoms with Crippen molar-refractivity contribution < 1.29 is 14.3 Å². The fourth-order valence-corrected chi connectivity index (χ4v) is 3.63. The minimum atomic E-state index is -0.419. The van der Waals surface area contributed by atoms with Gasteiger partial charge >= 0.3 is 6.03 Å². The topological polar surface area (TPSA) is 72.0 Å². The van der Waals surface area contributed by atoms with Crippen LogP contribution in [0.15, 0.2) is 70.2 Å². The summed E-state index contributed by atoms with van der Waals surface area (Å²) in [6.45, 7) is 6.80. The first-order valence-electron chi connectivity index (χ1n) is 10.3. The summed E-state index contributed by atoms with van der Waals surface area (Å²) in [6, 6.07) is 19.0. The van der Waals surface area contributed by atoms with Crippen molar-refractivity contribution in [2.75, 3.05) is 11.9 Å². The molecule has 0 aliphatic rings. The number of nitrogens with one attached hydrogen (secondary N) is 2. The first-order chi connectivity index (χ1) is 15.5. The second kappa shape index (κ2) is 11.3. The fourth-order valence-electron chi connectivity index (χ4n) is 3.05. The zero-order valence-electron chi connectivity index (χ0n) is 18.3. The molecule has 0 unspecified atom stereocenters. The van der Waals surface area contributed by atoms with Crippen molar-refractivity contribution in [1.82, 2.24) is 5.43 Å². The van der Waals surface area contributed by atoms with Crippen molar-refractivity contribution in [1.29, 1.82) is 0 Å². The number of hydrogen-bond acceptors (Lipinski definition) is 4. The summed E-state index contributed by atoms with van der Waals surface area (Å²) < 4.78 is 12.6. The third-order valence-electron chi connectivity index (χ3n) is 4.57. The molecule has 3 aromatic rings. The van der Waals surface area contributed by atoms with Crippen molar-refractivity contribution >= 4 is 33.9 Å². The molecule has 0 atom stereocenters. The second-order valence-electron chi connectivity index (χ2n) is 7.18. The Kier molecular flexibility index (Phi) is 8.27. The quantitative estimate of drug-likeness (QED) is 0.288. The van der Waals surface area contributed by atoms with Crippen molar-refractivity contribution in [3.05, 3.63) is 87.4 Å². The van der Waals surface area contributed by atoms with Crippen molar-refractivity contribution in [3.8, 4) is 11.5 Å². The highest BCUT2D eigenvalue weighted by molar-refractivity contribution is 9.10. The highest BCUT2D eigenvalue weighted by Gasteiger charge is 2.12. The Morgan fingerprint density at radius 1 is 1.06 bits per heavy atom. The van der Waals surface area contributed by atoms with E-state index in [-0.39, 0.29) is 0 Å². The molecule has 6 nitrogen and oxygen atoms in total. The number of carbonyl (C=O) groups excluding carboxylic acids is 1. The molecule has 0 spiro atoms. The minimum Gasteiger partial charge on any atom is -0.490 e. The van der Waals surface area contributed by atoms with E-state index in [1.807, 2.05) is 62.4 Å². The second-order valence-corrected chi connectivity index (χ2v) is 8.03. The monoisotopic (exact) mass is 495 g/mol. The number of benzene rings is 3. The number of amides is 2. The molecule has 0 radical (unpaired) electrons. The van der Waals surface area contributed by atoms with Gasteiger partial charge in [-0.2, -0.15) is 5.10 Å². The SMILES string of the molecule is CCOc1cc(C=NNC(=O)Nc2ccccc2C)cc(Br)c1OCc1cccc(C)c1. The van der Waals surface area contributed by atoms with E-state index < -0.39 is 6.03 Å². The van der Waals surface area contributed by atoms with Crippen molar-refractivity contribution in [2.24, 2.45) is 5.10 Å². The highest BCUT2D eigenvalue weighted by atomic mass is 79.9. The summed E-state index contributed by atoms with van der Waals surface area (Å²) in [7, 11) is 0. The molecule has 3 rings (SSSR count). The zero-order chi connectivity index (χ0) is 22.9. The van der Waals surface area contributed by atoms with Gasteiger partial charge in [0, 0.05) is 5.69 Å². The predicted molar refractivity (Wildman–Crippen MR) is 132 cm³/mol. The van der Waals surface area contributed by atoms with Crippen LogP contribution in [0.4, 0.5) is 10.5 Å². The summed E-state index contributed by atoms with van der Waals surface area (Å²) >= 11 is 3.56. The lowest BCUT2D eigenvalue weighted by Gasteiger charge is -2.15. The Labute approximate surface area is 196 Å². The molecule has 32 heavy (non-hydrogen) atoms. The third-order valence-corrected chi connectivity index (χ3v) is 5.16. The van der Waals surface area contributed by atoms with Crippen LogP contribution in [0.25, 0.3) is 0 Å². The Balaban J connectivity index is 1.67. The lowest BCUT2D eigenvalue weighted by atomic mass is 10.1. The largest absolute Gasteiger partial charge is 0.490 e. The maximum atomic E-state index is 12.1. The van der Waals surface area contributed by atoms with Crippen LogP contribution in [0.5, 0.6) is 11.5 Å². The maximum absolute atomic E-state index is 12.1. The van der Waals surface area contributed by atoms with Crippen LogP contribution >= 0.6 is 15.9 Å². The Bertz CT molecular complexity index is 1120. The molecule has 0 fully saturated rings. The molecule has 0 aliphatic heterocycles. The lowest BCUT2D eigenvalue weighted by Crippen LogP contribution is -2.24.